The number of hydrogen-bond donors (Lipinski definition) is 3. The molecule has 0 radical (unpaired) electrons. The number of alkyl halides is 9. The Morgan fingerprint density at radius 1 is 0.500 bits per heavy atom. The van der Waals surface area contributed by atoms with E-state index in [0.717, 1.165) is 0 Å². The highest BCUT2D eigenvalue weighted by molar-refractivity contribution is 7.91. The second-order valence-corrected chi connectivity index (χ2v) is 10.2. The monoisotopic (exact) mass is 499 g/mol. The molecule has 0 spiro atoms. The van der Waals surface area contributed by atoms with Crippen molar-refractivity contribution in [3.8, 4) is 0 Å². The van der Waals surface area contributed by atoms with E-state index in [0.29, 0.717) is 14.2 Å². The first-order valence-electron chi connectivity index (χ1n) is 6.11. The molecule has 0 unspecified atom stereocenters. The summed E-state index contributed by atoms with van der Waals surface area (Å²) in [5.74, 6) is -8.25. The molecule has 0 aliphatic rings. The zero-order chi connectivity index (χ0) is 22.8. The Balaban J connectivity index is 5.74. The van der Waals surface area contributed by atoms with Crippen molar-refractivity contribution in [2.24, 2.45) is 0 Å². The minimum Gasteiger partial charge on any atom is -0.212 e. The summed E-state index contributed by atoms with van der Waals surface area (Å²) in [6.07, 6.45) is -19.6. The lowest BCUT2D eigenvalue weighted by Gasteiger charge is -2.22. The van der Waals surface area contributed by atoms with Gasteiger partial charge in [-0.1, -0.05) is 0 Å². The summed E-state index contributed by atoms with van der Waals surface area (Å²) in [5, 5.41) is 0. The molecular formula is C7H10F9N3O6S3. The van der Waals surface area contributed by atoms with E-state index in [2.05, 4.69) is 0 Å². The topological polar surface area (TPSA) is 139 Å². The normalized spacial score (nSPS) is 15.2. The Morgan fingerprint density at radius 3 is 0.821 bits per heavy atom. The Bertz CT molecular complexity index is 729. The van der Waals surface area contributed by atoms with E-state index in [1.54, 1.807) is 0 Å². The lowest BCUT2D eigenvalue weighted by atomic mass is 10.8. The number of rotatable bonds is 9. The van der Waals surface area contributed by atoms with Crippen LogP contribution in [0.3, 0.4) is 0 Å². The summed E-state index contributed by atoms with van der Waals surface area (Å²) in [5.41, 5.74) is 0. The van der Waals surface area contributed by atoms with Crippen LogP contribution >= 0.6 is 0 Å². The summed E-state index contributed by atoms with van der Waals surface area (Å²) in [6, 6.07) is 0. The summed E-state index contributed by atoms with van der Waals surface area (Å²) in [6.45, 7) is 0. The van der Waals surface area contributed by atoms with Gasteiger partial charge in [-0.15, -0.1) is 0 Å². The second-order valence-electron chi connectivity index (χ2n) is 4.91. The molecule has 3 N–H and O–H groups in total. The summed E-state index contributed by atoms with van der Waals surface area (Å²) in [7, 11) is -17.0. The lowest BCUT2D eigenvalue weighted by molar-refractivity contribution is -0.107. The molecule has 0 amide bonds. The van der Waals surface area contributed by atoms with Crippen LogP contribution in [0, 0.1) is 0 Å². The number of sulfonamides is 3. The molecule has 0 heterocycles. The first-order valence-corrected chi connectivity index (χ1v) is 11.1. The molecule has 21 heteroatoms. The van der Waals surface area contributed by atoms with Crippen molar-refractivity contribution in [2.75, 3.05) is 17.3 Å². The lowest BCUT2D eigenvalue weighted by Crippen LogP contribution is -2.60. The van der Waals surface area contributed by atoms with E-state index in [4.69, 9.17) is 0 Å². The van der Waals surface area contributed by atoms with Gasteiger partial charge in [0.2, 0.25) is 30.1 Å². The molecule has 0 aromatic carbocycles. The second kappa shape index (κ2) is 8.45. The molecule has 0 atom stereocenters. The van der Waals surface area contributed by atoms with Gasteiger partial charge in [0.15, 0.2) is 23.5 Å². The average molecular weight is 499 g/mol. The third-order valence-electron chi connectivity index (χ3n) is 1.95. The van der Waals surface area contributed by atoms with E-state index in [9.17, 15) is 64.8 Å². The first kappa shape index (κ1) is 27.1. The standard InChI is InChI=1S/C7H10F9N3O6S3/c8-5(9,10)1-26(20,21)17-4(18-27(22,23)2-6(11,12)13)19-28(24,25)3-7(14,15)16/h4,17-19H,1-3H2. The number of halogens is 9. The van der Waals surface area contributed by atoms with Gasteiger partial charge < -0.3 is 0 Å². The van der Waals surface area contributed by atoms with Crippen LogP contribution in [-0.4, -0.2) is 67.3 Å². The summed E-state index contributed by atoms with van der Waals surface area (Å²) < 4.78 is 179. The van der Waals surface area contributed by atoms with Gasteiger partial charge in [0, 0.05) is 0 Å². The third kappa shape index (κ3) is 14.1. The van der Waals surface area contributed by atoms with Gasteiger partial charge in [0.1, 0.15) is 0 Å². The van der Waals surface area contributed by atoms with Crippen molar-refractivity contribution < 1.29 is 64.8 Å². The molecule has 0 aliphatic carbocycles. The Morgan fingerprint density at radius 2 is 0.679 bits per heavy atom. The molecule has 0 aliphatic heterocycles. The average Bonchev–Trinajstić information content (AvgIpc) is 2.12. The van der Waals surface area contributed by atoms with Gasteiger partial charge >= 0.3 is 18.5 Å². The van der Waals surface area contributed by atoms with E-state index in [1.807, 2.05) is 0 Å². The Labute approximate surface area is 151 Å². The summed E-state index contributed by atoms with van der Waals surface area (Å²) >= 11 is 0. The fourth-order valence-electron chi connectivity index (χ4n) is 1.38. The highest BCUT2D eigenvalue weighted by Crippen LogP contribution is 2.19. The van der Waals surface area contributed by atoms with Crippen molar-refractivity contribution in [1.82, 2.24) is 14.2 Å². The fourth-order valence-corrected chi connectivity index (χ4v) is 4.58. The maximum atomic E-state index is 12.1. The van der Waals surface area contributed by atoms with Gasteiger partial charge in [0.25, 0.3) is 0 Å². The molecule has 0 saturated heterocycles. The predicted molar refractivity (Wildman–Crippen MR) is 72.7 cm³/mol. The molecule has 0 rings (SSSR count). The van der Waals surface area contributed by atoms with E-state index >= 15 is 0 Å². The Kier molecular flexibility index (Phi) is 8.18. The largest absolute Gasteiger partial charge is 0.404 e. The highest BCUT2D eigenvalue weighted by atomic mass is 32.2. The quantitative estimate of drug-likeness (QED) is 0.295. The highest BCUT2D eigenvalue weighted by Gasteiger charge is 2.41. The Hall–Kier alpha value is -0.900. The van der Waals surface area contributed by atoms with E-state index in [1.165, 1.54) is 0 Å². The van der Waals surface area contributed by atoms with Gasteiger partial charge in [-0.2, -0.15) is 53.7 Å². The van der Waals surface area contributed by atoms with Gasteiger partial charge in [-0.3, -0.25) is 0 Å². The maximum absolute atomic E-state index is 12.1. The smallest absolute Gasteiger partial charge is 0.212 e. The van der Waals surface area contributed by atoms with Crippen LogP contribution in [-0.2, 0) is 30.1 Å². The van der Waals surface area contributed by atoms with Crippen LogP contribution in [0.4, 0.5) is 39.5 Å². The van der Waals surface area contributed by atoms with Gasteiger partial charge in [-0.05, 0) is 0 Å². The third-order valence-corrected chi connectivity index (χ3v) is 5.86. The van der Waals surface area contributed by atoms with Crippen LogP contribution < -0.4 is 14.2 Å². The molecule has 9 nitrogen and oxygen atoms in total. The van der Waals surface area contributed by atoms with Crippen molar-refractivity contribution in [3.63, 3.8) is 0 Å². The van der Waals surface area contributed by atoms with Crippen molar-refractivity contribution in [1.29, 1.82) is 0 Å². The van der Waals surface area contributed by atoms with Crippen LogP contribution in [0.1, 0.15) is 0 Å². The molecule has 0 fully saturated rings. The number of hydrogen-bond acceptors (Lipinski definition) is 6. The van der Waals surface area contributed by atoms with Crippen LogP contribution in [0.5, 0.6) is 0 Å². The van der Waals surface area contributed by atoms with Crippen LogP contribution in [0.2, 0.25) is 0 Å². The van der Waals surface area contributed by atoms with E-state index < -0.39 is 72.1 Å². The molecule has 0 bridgehead atoms. The van der Waals surface area contributed by atoms with E-state index in [-0.39, 0.29) is 0 Å². The molecular weight excluding hydrogens is 489 g/mol. The number of nitrogens with one attached hydrogen (secondary N) is 3. The van der Waals surface area contributed by atoms with Crippen molar-refractivity contribution >= 4 is 30.1 Å². The molecule has 28 heavy (non-hydrogen) atoms. The molecule has 0 aromatic rings. The van der Waals surface area contributed by atoms with Gasteiger partial charge in [0.05, 0.1) is 0 Å². The predicted octanol–water partition coefficient (Wildman–Crippen LogP) is -0.285. The van der Waals surface area contributed by atoms with Crippen molar-refractivity contribution in [3.05, 3.63) is 0 Å². The van der Waals surface area contributed by atoms with Crippen LogP contribution in [0.15, 0.2) is 0 Å². The fraction of sp³-hybridized carbons (Fsp3) is 1.00. The minimum atomic E-state index is -5.66. The zero-order valence-electron chi connectivity index (χ0n) is 12.8. The van der Waals surface area contributed by atoms with Gasteiger partial charge in [-0.25, -0.2) is 25.3 Å². The minimum absolute atomic E-state index is 0.671. The molecule has 170 valence electrons. The van der Waals surface area contributed by atoms with Crippen molar-refractivity contribution in [2.45, 2.75) is 24.8 Å². The summed E-state index contributed by atoms with van der Waals surface area (Å²) in [4.78, 5) is 0. The van der Waals surface area contributed by atoms with Crippen LogP contribution in [0.25, 0.3) is 0 Å². The zero-order valence-corrected chi connectivity index (χ0v) is 15.2. The SMILES string of the molecule is O=S(=O)(CC(F)(F)F)NC(NS(=O)(=O)CC(F)(F)F)NS(=O)(=O)CC(F)(F)F. The first-order chi connectivity index (χ1) is 11.9. The molecule has 0 saturated carbocycles. The molecule has 0 aromatic heterocycles. The maximum Gasteiger partial charge on any atom is 0.404 e.